The van der Waals surface area contributed by atoms with Gasteiger partial charge in [0.05, 0.1) is 55.8 Å². The fraction of sp³-hybridized carbons (Fsp3) is 0.625. The van der Waals surface area contributed by atoms with Crippen LogP contribution in [0.2, 0.25) is 0 Å². The molecule has 322 valence electrons. The molecule has 58 heavy (non-hydrogen) atoms. The average Bonchev–Trinajstić information content (AvgIpc) is 3.15. The third kappa shape index (κ3) is 11.4. The molecule has 0 amide bonds. The summed E-state index contributed by atoms with van der Waals surface area (Å²) in [5.74, 6) is -2.79. The Morgan fingerprint density at radius 1 is 0.948 bits per heavy atom. The summed E-state index contributed by atoms with van der Waals surface area (Å²) >= 11 is 0. The van der Waals surface area contributed by atoms with Crippen LogP contribution in [0.1, 0.15) is 129 Å². The molecule has 1 saturated heterocycles. The van der Waals surface area contributed by atoms with Crippen LogP contribution in [-0.4, -0.2) is 88.3 Å². The number of aromatic nitrogens is 3. The van der Waals surface area contributed by atoms with Gasteiger partial charge in [0.25, 0.3) is 10.1 Å². The number of alkyl halides is 6. The van der Waals surface area contributed by atoms with Crippen molar-refractivity contribution in [1.29, 1.82) is 0 Å². The second-order valence-electron chi connectivity index (χ2n) is 17.0. The number of fused-ring (bicyclic) bond motifs is 1. The Balaban J connectivity index is 0.00000121. The number of aliphatic hydroxyl groups is 3. The van der Waals surface area contributed by atoms with E-state index in [1.54, 1.807) is 6.92 Å². The van der Waals surface area contributed by atoms with Gasteiger partial charge in [0.2, 0.25) is 11.9 Å². The van der Waals surface area contributed by atoms with Gasteiger partial charge in [-0.2, -0.15) is 21.6 Å². The summed E-state index contributed by atoms with van der Waals surface area (Å²) < 4.78 is 118. The van der Waals surface area contributed by atoms with Crippen LogP contribution in [0.25, 0.3) is 0 Å². The van der Waals surface area contributed by atoms with Crippen molar-refractivity contribution >= 4 is 16.1 Å². The smallest absolute Gasteiger partial charge is 0.416 e. The van der Waals surface area contributed by atoms with Crippen LogP contribution in [-0.2, 0) is 22.7 Å². The van der Waals surface area contributed by atoms with Crippen LogP contribution in [0.4, 0.5) is 32.3 Å². The number of nitrogens with zero attached hydrogens (tertiary/aromatic N) is 4. The lowest BCUT2D eigenvalue weighted by molar-refractivity contribution is -0.137. The Morgan fingerprint density at radius 3 is 2.02 bits per heavy atom. The summed E-state index contributed by atoms with van der Waals surface area (Å²) in [6.45, 7) is 6.21. The lowest BCUT2D eigenvalue weighted by Crippen LogP contribution is -2.36. The quantitative estimate of drug-likeness (QED) is 0.118. The maximum Gasteiger partial charge on any atom is 0.416 e. The van der Waals surface area contributed by atoms with E-state index in [1.807, 2.05) is 18.7 Å². The standard InChI is InChI=1S/C39H48F6N4O4.CH4O3S/c1-36(2)16-28-31(29(52)17-36)30(23-8-12-38(41,42)13-9-23)32(33(40)24-4-6-26(7-5-24)39(43,44)45)34(48-28)25-10-14-49(15-11-25)35-46-18-27(19-47-35)53-22-37(3,20-50)21-51;1-5(2,3)4/h4-7,18-19,23,25,29,33,50-52H,8-17,20-22H2,1-3H3;1H3,(H,2,3,4)/t29-,33-;/m0./s1. The van der Waals surface area contributed by atoms with Crippen molar-refractivity contribution in [1.82, 2.24) is 15.0 Å². The summed E-state index contributed by atoms with van der Waals surface area (Å²) in [5, 5.41) is 30.7. The maximum atomic E-state index is 17.3. The van der Waals surface area contributed by atoms with Crippen LogP contribution in [0.3, 0.4) is 0 Å². The van der Waals surface area contributed by atoms with Gasteiger partial charge in [-0.25, -0.2) is 23.1 Å². The summed E-state index contributed by atoms with van der Waals surface area (Å²) in [6.07, 6.45) is -2.48. The lowest BCUT2D eigenvalue weighted by atomic mass is 9.68. The molecule has 2 aromatic heterocycles. The highest BCUT2D eigenvalue weighted by Gasteiger charge is 2.44. The van der Waals surface area contributed by atoms with Crippen molar-refractivity contribution in [2.75, 3.05) is 44.1 Å². The minimum absolute atomic E-state index is 0.000421. The molecule has 18 heteroatoms. The van der Waals surface area contributed by atoms with Gasteiger partial charge in [0, 0.05) is 54.1 Å². The SMILES string of the molecule is CC1(C)Cc2nc(C3CCN(c4ncc(OCC(C)(CO)CO)cn4)CC3)c([C@@H](F)c3ccc(C(F)(F)F)cc3)c(C3CCC(F)(F)CC3)c2[C@@H](O)C1.CS(=O)(=O)O. The Labute approximate surface area is 334 Å². The van der Waals surface area contributed by atoms with Crippen LogP contribution >= 0.6 is 0 Å². The number of hydrogen-bond donors (Lipinski definition) is 4. The summed E-state index contributed by atoms with van der Waals surface area (Å²) in [4.78, 5) is 16.0. The molecule has 3 heterocycles. The van der Waals surface area contributed by atoms with Gasteiger partial charge in [-0.3, -0.25) is 9.54 Å². The fourth-order valence-corrected chi connectivity index (χ4v) is 8.01. The van der Waals surface area contributed by atoms with Crippen LogP contribution < -0.4 is 9.64 Å². The molecule has 2 fully saturated rings. The minimum Gasteiger partial charge on any atom is -0.490 e. The molecular formula is C40H52F6N4O7S. The zero-order chi connectivity index (χ0) is 42.8. The molecule has 3 aromatic rings. The molecule has 0 unspecified atom stereocenters. The number of aliphatic hydroxyl groups excluding tert-OH is 3. The molecule has 4 N–H and O–H groups in total. The molecule has 2 aliphatic carbocycles. The van der Waals surface area contributed by atoms with Crippen molar-refractivity contribution in [3.8, 4) is 5.75 Å². The second-order valence-corrected chi connectivity index (χ2v) is 18.5. The van der Waals surface area contributed by atoms with Gasteiger partial charge in [0.1, 0.15) is 0 Å². The fourth-order valence-electron chi connectivity index (χ4n) is 8.01. The monoisotopic (exact) mass is 846 g/mol. The van der Waals surface area contributed by atoms with Crippen molar-refractivity contribution < 1.29 is 59.4 Å². The van der Waals surface area contributed by atoms with Gasteiger partial charge in [-0.05, 0) is 73.1 Å². The first-order valence-electron chi connectivity index (χ1n) is 19.2. The number of hydrogen-bond acceptors (Lipinski definition) is 10. The molecule has 11 nitrogen and oxygen atoms in total. The molecule has 1 saturated carbocycles. The molecular weight excluding hydrogens is 795 g/mol. The highest BCUT2D eigenvalue weighted by molar-refractivity contribution is 7.85. The summed E-state index contributed by atoms with van der Waals surface area (Å²) in [6, 6.07) is 3.93. The van der Waals surface area contributed by atoms with Gasteiger partial charge in [0.15, 0.2) is 11.9 Å². The van der Waals surface area contributed by atoms with Crippen molar-refractivity contribution in [3.63, 3.8) is 0 Å². The van der Waals surface area contributed by atoms with E-state index in [-0.39, 0.29) is 68.0 Å². The Morgan fingerprint density at radius 2 is 1.50 bits per heavy atom. The van der Waals surface area contributed by atoms with Gasteiger partial charge < -0.3 is 25.0 Å². The minimum atomic E-state index is -4.61. The predicted octanol–water partition coefficient (Wildman–Crippen LogP) is 7.51. The number of anilines is 1. The third-order valence-corrected chi connectivity index (χ3v) is 11.2. The third-order valence-electron chi connectivity index (χ3n) is 11.2. The number of rotatable bonds is 10. The molecule has 0 spiro atoms. The first kappa shape index (κ1) is 45.5. The second kappa shape index (κ2) is 17.6. The summed E-state index contributed by atoms with van der Waals surface area (Å²) in [7, 11) is -3.67. The Kier molecular flexibility index (Phi) is 13.8. The first-order valence-corrected chi connectivity index (χ1v) is 21.0. The van der Waals surface area contributed by atoms with Gasteiger partial charge >= 0.3 is 6.18 Å². The molecule has 1 aromatic carbocycles. The number of piperidine rings is 1. The van der Waals surface area contributed by atoms with E-state index < -0.39 is 51.4 Å². The molecule has 1 aliphatic heterocycles. The van der Waals surface area contributed by atoms with Crippen molar-refractivity contribution in [2.45, 2.75) is 108 Å². The van der Waals surface area contributed by atoms with E-state index in [9.17, 15) is 45.7 Å². The molecule has 2 atom stereocenters. The largest absolute Gasteiger partial charge is 0.490 e. The molecule has 0 radical (unpaired) electrons. The first-order chi connectivity index (χ1) is 26.9. The Bertz CT molecular complexity index is 1950. The van der Waals surface area contributed by atoms with Crippen LogP contribution in [0.5, 0.6) is 5.75 Å². The molecule has 6 rings (SSSR count). The van der Waals surface area contributed by atoms with Crippen molar-refractivity contribution in [2.24, 2.45) is 10.8 Å². The average molecular weight is 847 g/mol. The zero-order valence-corrected chi connectivity index (χ0v) is 33.8. The number of halogens is 6. The topological polar surface area (TPSA) is 166 Å². The molecule has 3 aliphatic rings. The van der Waals surface area contributed by atoms with E-state index in [4.69, 9.17) is 14.3 Å². The maximum absolute atomic E-state index is 17.3. The Hall–Kier alpha value is -3.58. The predicted molar refractivity (Wildman–Crippen MR) is 203 cm³/mol. The number of pyridine rings is 1. The van der Waals surface area contributed by atoms with E-state index in [2.05, 4.69) is 9.97 Å². The van der Waals surface area contributed by atoms with Gasteiger partial charge in [-0.15, -0.1) is 0 Å². The lowest BCUT2D eigenvalue weighted by Gasteiger charge is -2.41. The zero-order valence-electron chi connectivity index (χ0n) is 32.9. The highest BCUT2D eigenvalue weighted by atomic mass is 32.2. The van der Waals surface area contributed by atoms with E-state index in [1.165, 1.54) is 12.4 Å². The normalized spacial score (nSPS) is 20.8. The van der Waals surface area contributed by atoms with E-state index in [0.717, 1.165) is 24.3 Å². The highest BCUT2D eigenvalue weighted by Crippen LogP contribution is 2.52. The van der Waals surface area contributed by atoms with Crippen molar-refractivity contribution in [3.05, 3.63) is 75.9 Å². The number of ether oxygens (including phenoxy) is 1. The van der Waals surface area contributed by atoms with E-state index >= 15 is 4.39 Å². The number of benzene rings is 1. The van der Waals surface area contributed by atoms with Crippen LogP contribution in [0, 0.1) is 10.8 Å². The summed E-state index contributed by atoms with van der Waals surface area (Å²) in [5.41, 5.74) is 0.191. The van der Waals surface area contributed by atoms with E-state index in [0.29, 0.717) is 79.2 Å². The van der Waals surface area contributed by atoms with Crippen LogP contribution in [0.15, 0.2) is 36.7 Å². The van der Waals surface area contributed by atoms with Gasteiger partial charge in [-0.1, -0.05) is 32.9 Å². The molecule has 0 bridgehead atoms.